The summed E-state index contributed by atoms with van der Waals surface area (Å²) in [6, 6.07) is 5.85. The molecule has 1 atom stereocenters. The highest BCUT2D eigenvalue weighted by Gasteiger charge is 2.42. The van der Waals surface area contributed by atoms with Crippen molar-refractivity contribution in [1.82, 2.24) is 9.80 Å². The average Bonchev–Trinajstić information content (AvgIpc) is 3.41. The first-order valence-corrected chi connectivity index (χ1v) is 11.2. The molecule has 0 N–H and O–H groups in total. The summed E-state index contributed by atoms with van der Waals surface area (Å²) in [5, 5.41) is 0. The van der Waals surface area contributed by atoms with Crippen molar-refractivity contribution in [3.8, 4) is 0 Å². The van der Waals surface area contributed by atoms with E-state index < -0.39 is 52.7 Å². The average molecular weight is 420 g/mol. The molecule has 1 aromatic carbocycles. The third-order valence-electron chi connectivity index (χ3n) is 5.35. The summed E-state index contributed by atoms with van der Waals surface area (Å²) >= 11 is 0. The van der Waals surface area contributed by atoms with E-state index in [1.165, 1.54) is 17.0 Å². The van der Waals surface area contributed by atoms with Gasteiger partial charge < -0.3 is 9.64 Å². The number of nitrogens with zero attached hydrogens (tertiary/aromatic N) is 2. The molecule has 3 aliphatic rings. The molecule has 0 spiro atoms. The molecule has 3 amide bonds. The van der Waals surface area contributed by atoms with Gasteiger partial charge in [0.25, 0.3) is 17.7 Å². The topological polar surface area (TPSA) is 118 Å². The van der Waals surface area contributed by atoms with E-state index in [2.05, 4.69) is 0 Å². The molecule has 1 aromatic rings. The standard InChI is InChI=1S/C19H20N2O7S/c22-16(21(12-5-6-12)13-7-8-29(26,27)11-13)10-28-17(23)9-20-18(24)14-3-1-2-4-15(14)19(20)25/h1-4,12-13H,5-11H2/t13-/m1/s1. The van der Waals surface area contributed by atoms with Gasteiger partial charge in [-0.2, -0.15) is 0 Å². The summed E-state index contributed by atoms with van der Waals surface area (Å²) < 4.78 is 28.5. The molecule has 0 unspecified atom stereocenters. The summed E-state index contributed by atoms with van der Waals surface area (Å²) in [6.45, 7) is -1.13. The summed E-state index contributed by atoms with van der Waals surface area (Å²) in [5.74, 6) is -2.51. The highest BCUT2D eigenvalue weighted by molar-refractivity contribution is 7.91. The highest BCUT2D eigenvalue weighted by atomic mass is 32.2. The summed E-state index contributed by atoms with van der Waals surface area (Å²) in [5.41, 5.74) is 0.451. The molecular weight excluding hydrogens is 400 g/mol. The zero-order chi connectivity index (χ0) is 20.8. The second-order valence-electron chi connectivity index (χ2n) is 7.49. The molecule has 4 rings (SSSR count). The fraction of sp³-hybridized carbons (Fsp3) is 0.474. The molecule has 2 fully saturated rings. The van der Waals surface area contributed by atoms with Crippen molar-refractivity contribution in [1.29, 1.82) is 0 Å². The van der Waals surface area contributed by atoms with Gasteiger partial charge in [-0.05, 0) is 31.4 Å². The van der Waals surface area contributed by atoms with Gasteiger partial charge >= 0.3 is 5.97 Å². The van der Waals surface area contributed by atoms with Gasteiger partial charge in [0.2, 0.25) is 0 Å². The molecule has 0 bridgehead atoms. The van der Waals surface area contributed by atoms with Gasteiger partial charge in [-0.25, -0.2) is 8.42 Å². The highest BCUT2D eigenvalue weighted by Crippen LogP contribution is 2.32. The second kappa shape index (κ2) is 7.25. The number of benzene rings is 1. The van der Waals surface area contributed by atoms with Crippen molar-refractivity contribution in [2.24, 2.45) is 0 Å². The lowest BCUT2D eigenvalue weighted by Gasteiger charge is -2.28. The molecule has 1 saturated carbocycles. The summed E-state index contributed by atoms with van der Waals surface area (Å²) in [7, 11) is -3.15. The molecule has 0 radical (unpaired) electrons. The largest absolute Gasteiger partial charge is 0.454 e. The maximum atomic E-state index is 12.6. The van der Waals surface area contributed by atoms with Crippen LogP contribution in [0.1, 0.15) is 40.0 Å². The SMILES string of the molecule is O=C(CN1C(=O)c2ccccc2C1=O)OCC(=O)N(C1CC1)[C@@H]1CCS(=O)(=O)C1. The second-order valence-corrected chi connectivity index (χ2v) is 9.72. The quantitative estimate of drug-likeness (QED) is 0.470. The van der Waals surface area contributed by atoms with Gasteiger partial charge in [-0.3, -0.25) is 24.1 Å². The minimum atomic E-state index is -3.15. The van der Waals surface area contributed by atoms with E-state index >= 15 is 0 Å². The monoisotopic (exact) mass is 420 g/mol. The number of carbonyl (C=O) groups excluding carboxylic acids is 4. The van der Waals surface area contributed by atoms with Crippen LogP contribution in [0.3, 0.4) is 0 Å². The lowest BCUT2D eigenvalue weighted by molar-refractivity contribution is -0.153. The number of imide groups is 1. The summed E-state index contributed by atoms with van der Waals surface area (Å²) in [4.78, 5) is 51.6. The molecule has 2 heterocycles. The van der Waals surface area contributed by atoms with Crippen LogP contribution in [0.15, 0.2) is 24.3 Å². The van der Waals surface area contributed by atoms with Crippen molar-refractivity contribution in [2.45, 2.75) is 31.3 Å². The maximum Gasteiger partial charge on any atom is 0.326 e. The number of rotatable bonds is 6. The number of amides is 3. The maximum absolute atomic E-state index is 12.6. The van der Waals surface area contributed by atoms with Crippen molar-refractivity contribution in [2.75, 3.05) is 24.7 Å². The van der Waals surface area contributed by atoms with Crippen LogP contribution in [0, 0.1) is 0 Å². The molecule has 2 aliphatic heterocycles. The lowest BCUT2D eigenvalue weighted by Crippen LogP contribution is -2.45. The first-order valence-electron chi connectivity index (χ1n) is 9.39. The van der Waals surface area contributed by atoms with E-state index in [1.54, 1.807) is 12.1 Å². The number of hydrogen-bond donors (Lipinski definition) is 0. The molecule has 9 nitrogen and oxygen atoms in total. The Hall–Kier alpha value is -2.75. The number of fused-ring (bicyclic) bond motifs is 1. The van der Waals surface area contributed by atoms with E-state index in [0.717, 1.165) is 17.7 Å². The number of esters is 1. The normalized spacial score (nSPS) is 22.5. The van der Waals surface area contributed by atoms with Gasteiger partial charge in [0, 0.05) is 12.1 Å². The number of hydrogen-bond acceptors (Lipinski definition) is 7. The Morgan fingerprint density at radius 3 is 2.17 bits per heavy atom. The smallest absolute Gasteiger partial charge is 0.326 e. The van der Waals surface area contributed by atoms with Crippen LogP contribution < -0.4 is 0 Å². The van der Waals surface area contributed by atoms with Crippen molar-refractivity contribution >= 4 is 33.5 Å². The Labute approximate surface area is 167 Å². The van der Waals surface area contributed by atoms with Crippen LogP contribution in [-0.2, 0) is 24.2 Å². The fourth-order valence-electron chi connectivity index (χ4n) is 3.83. The van der Waals surface area contributed by atoms with Crippen LogP contribution in [0.4, 0.5) is 0 Å². The minimum Gasteiger partial charge on any atom is -0.454 e. The minimum absolute atomic E-state index is 0.0178. The van der Waals surface area contributed by atoms with Crippen LogP contribution in [-0.4, -0.2) is 78.6 Å². The van der Waals surface area contributed by atoms with E-state index in [9.17, 15) is 27.6 Å². The predicted octanol–water partition coefficient (Wildman–Crippen LogP) is 0.00390. The van der Waals surface area contributed by atoms with Gasteiger partial charge in [-0.1, -0.05) is 12.1 Å². The van der Waals surface area contributed by atoms with Crippen molar-refractivity contribution < 1.29 is 32.3 Å². The van der Waals surface area contributed by atoms with E-state index in [-0.39, 0.29) is 28.7 Å². The van der Waals surface area contributed by atoms with Gasteiger partial charge in [-0.15, -0.1) is 0 Å². The number of sulfone groups is 1. The Bertz CT molecular complexity index is 965. The molecule has 154 valence electrons. The molecular formula is C19H20N2O7S. The lowest BCUT2D eigenvalue weighted by atomic mass is 10.1. The first-order chi connectivity index (χ1) is 13.8. The van der Waals surface area contributed by atoms with Gasteiger partial charge in [0.1, 0.15) is 6.54 Å². The number of carbonyl (C=O) groups is 4. The van der Waals surface area contributed by atoms with Crippen LogP contribution in [0.5, 0.6) is 0 Å². The van der Waals surface area contributed by atoms with Gasteiger partial charge in [0.05, 0.1) is 22.6 Å². The van der Waals surface area contributed by atoms with Crippen molar-refractivity contribution in [3.63, 3.8) is 0 Å². The van der Waals surface area contributed by atoms with Crippen LogP contribution >= 0.6 is 0 Å². The van der Waals surface area contributed by atoms with Crippen LogP contribution in [0.25, 0.3) is 0 Å². The Kier molecular flexibility index (Phi) is 4.89. The van der Waals surface area contributed by atoms with Crippen molar-refractivity contribution in [3.05, 3.63) is 35.4 Å². The zero-order valence-electron chi connectivity index (χ0n) is 15.6. The predicted molar refractivity (Wildman–Crippen MR) is 99.7 cm³/mol. The summed E-state index contributed by atoms with van der Waals surface area (Å²) in [6.07, 6.45) is 1.98. The van der Waals surface area contributed by atoms with Crippen LogP contribution in [0.2, 0.25) is 0 Å². The first kappa shape index (κ1) is 19.6. The number of ether oxygens (including phenoxy) is 1. The fourth-order valence-corrected chi connectivity index (χ4v) is 5.54. The Morgan fingerprint density at radius 2 is 1.66 bits per heavy atom. The Balaban J connectivity index is 1.34. The molecule has 1 aliphatic carbocycles. The van der Waals surface area contributed by atoms with E-state index in [1.807, 2.05) is 0 Å². The third kappa shape index (κ3) is 3.89. The molecule has 1 saturated heterocycles. The molecule has 29 heavy (non-hydrogen) atoms. The third-order valence-corrected chi connectivity index (χ3v) is 7.10. The Morgan fingerprint density at radius 1 is 1.03 bits per heavy atom. The van der Waals surface area contributed by atoms with E-state index in [0.29, 0.717) is 6.42 Å². The molecule has 0 aromatic heterocycles. The molecule has 10 heteroatoms. The van der Waals surface area contributed by atoms with E-state index in [4.69, 9.17) is 4.74 Å². The zero-order valence-corrected chi connectivity index (χ0v) is 16.4. The van der Waals surface area contributed by atoms with Gasteiger partial charge in [0.15, 0.2) is 16.4 Å².